The predicted octanol–water partition coefficient (Wildman–Crippen LogP) is 3.67. The van der Waals surface area contributed by atoms with Crippen LogP contribution in [0.1, 0.15) is 31.9 Å². The highest BCUT2D eigenvalue weighted by Crippen LogP contribution is 2.22. The molecule has 0 saturated heterocycles. The average molecular weight is 337 g/mol. The van der Waals surface area contributed by atoms with Crippen LogP contribution in [0.2, 0.25) is 0 Å². The second kappa shape index (κ2) is 8.49. The molecule has 106 valence electrons. The van der Waals surface area contributed by atoms with Crippen molar-refractivity contribution in [2.24, 2.45) is 10.9 Å². The van der Waals surface area contributed by atoms with Gasteiger partial charge in [-0.05, 0) is 31.0 Å². The fraction of sp³-hybridized carbons (Fsp3) is 0.400. The van der Waals surface area contributed by atoms with Crippen LogP contribution in [0.5, 0.6) is 0 Å². The van der Waals surface area contributed by atoms with Gasteiger partial charge in [-0.25, -0.2) is 0 Å². The monoisotopic (exact) mass is 336 g/mol. The smallest absolute Gasteiger partial charge is 0.328 e. The van der Waals surface area contributed by atoms with Crippen LogP contribution in [0.4, 0.5) is 0 Å². The Balaban J connectivity index is 2.81. The molecule has 0 saturated carbocycles. The van der Waals surface area contributed by atoms with Crippen LogP contribution >= 0.6 is 15.9 Å². The first-order valence-corrected chi connectivity index (χ1v) is 7.26. The van der Waals surface area contributed by atoms with Crippen molar-refractivity contribution in [3.8, 4) is 6.07 Å². The molecule has 0 aromatic heterocycles. The zero-order chi connectivity index (χ0) is 15.0. The Morgan fingerprint density at radius 1 is 1.45 bits per heavy atom. The maximum Gasteiger partial charge on any atom is 0.328 e. The molecule has 0 fully saturated rings. The third kappa shape index (κ3) is 4.78. The molecule has 4 nitrogen and oxygen atoms in total. The minimum Gasteiger partial charge on any atom is -0.465 e. The number of carbonyl (C=O) groups is 1. The lowest BCUT2D eigenvalue weighted by molar-refractivity contribution is -0.143. The third-order valence-corrected chi connectivity index (χ3v) is 3.26. The van der Waals surface area contributed by atoms with Crippen molar-refractivity contribution >= 4 is 28.1 Å². The summed E-state index contributed by atoms with van der Waals surface area (Å²) in [5.41, 5.74) is 1.05. The number of esters is 1. The first kappa shape index (κ1) is 16.4. The molecule has 1 aromatic carbocycles. The Labute approximate surface area is 127 Å². The van der Waals surface area contributed by atoms with Gasteiger partial charge in [0.05, 0.1) is 18.7 Å². The van der Waals surface area contributed by atoms with E-state index in [2.05, 4.69) is 20.9 Å². The second-order valence-electron chi connectivity index (χ2n) is 4.13. The number of ether oxygens (including phenoxy) is 1. The number of hydrogen-bond acceptors (Lipinski definition) is 4. The summed E-state index contributed by atoms with van der Waals surface area (Å²) in [7, 11) is 0. The second-order valence-corrected chi connectivity index (χ2v) is 5.05. The number of nitrogens with zero attached hydrogens (tertiary/aromatic N) is 2. The molecule has 20 heavy (non-hydrogen) atoms. The summed E-state index contributed by atoms with van der Waals surface area (Å²) < 4.78 is 5.82. The zero-order valence-electron chi connectivity index (χ0n) is 11.5. The van der Waals surface area contributed by atoms with Gasteiger partial charge in [0.15, 0.2) is 5.92 Å². The Morgan fingerprint density at radius 2 is 2.10 bits per heavy atom. The Morgan fingerprint density at radius 3 is 2.60 bits per heavy atom. The van der Waals surface area contributed by atoms with Gasteiger partial charge in [0.25, 0.3) is 0 Å². The number of aliphatic imine (C=N–C) groups is 1. The van der Waals surface area contributed by atoms with Crippen LogP contribution in [0.3, 0.4) is 0 Å². The van der Waals surface area contributed by atoms with E-state index in [-0.39, 0.29) is 12.6 Å². The quantitative estimate of drug-likeness (QED) is 0.588. The molecule has 5 heteroatoms. The molecule has 0 aliphatic rings. The van der Waals surface area contributed by atoms with Crippen molar-refractivity contribution in [1.82, 2.24) is 0 Å². The first-order valence-electron chi connectivity index (χ1n) is 6.47. The number of benzene rings is 1. The van der Waals surface area contributed by atoms with E-state index >= 15 is 0 Å². The van der Waals surface area contributed by atoms with E-state index in [1.54, 1.807) is 6.92 Å². The number of hydrogen-bond donors (Lipinski definition) is 0. The summed E-state index contributed by atoms with van der Waals surface area (Å²) in [6, 6.07) is 9.67. The highest BCUT2D eigenvalue weighted by atomic mass is 79.9. The zero-order valence-corrected chi connectivity index (χ0v) is 13.1. The predicted molar refractivity (Wildman–Crippen MR) is 81.4 cm³/mol. The van der Waals surface area contributed by atoms with Crippen LogP contribution < -0.4 is 0 Å². The van der Waals surface area contributed by atoms with E-state index in [0.29, 0.717) is 0 Å². The topological polar surface area (TPSA) is 62.5 Å². The number of nitriles is 1. The molecule has 0 N–H and O–H groups in total. The molecule has 1 rings (SSSR count). The molecule has 1 unspecified atom stereocenters. The van der Waals surface area contributed by atoms with Gasteiger partial charge in [-0.15, -0.1) is 0 Å². The minimum atomic E-state index is -0.945. The van der Waals surface area contributed by atoms with E-state index in [4.69, 9.17) is 10.00 Å². The largest absolute Gasteiger partial charge is 0.465 e. The number of rotatable bonds is 6. The van der Waals surface area contributed by atoms with Crippen molar-refractivity contribution < 1.29 is 9.53 Å². The van der Waals surface area contributed by atoms with Gasteiger partial charge in [0.1, 0.15) is 0 Å². The summed E-state index contributed by atoms with van der Waals surface area (Å²) in [6.45, 7) is 3.98. The lowest BCUT2D eigenvalue weighted by atomic mass is 10.1. The number of carbonyl (C=O) groups excluding carboxylic acids is 1. The van der Waals surface area contributed by atoms with Crippen molar-refractivity contribution in [2.45, 2.75) is 26.3 Å². The lowest BCUT2D eigenvalue weighted by Crippen LogP contribution is -2.17. The van der Waals surface area contributed by atoms with Gasteiger partial charge >= 0.3 is 5.97 Å². The molecule has 0 heterocycles. The fourth-order valence-corrected chi connectivity index (χ4v) is 1.95. The third-order valence-electron chi connectivity index (χ3n) is 2.74. The molecule has 1 aromatic rings. The van der Waals surface area contributed by atoms with Gasteiger partial charge in [-0.3, -0.25) is 9.79 Å². The first-order chi connectivity index (χ1) is 9.62. The van der Waals surface area contributed by atoms with Gasteiger partial charge < -0.3 is 4.74 Å². The molecular formula is C15H17BrN2O2. The van der Waals surface area contributed by atoms with Gasteiger partial charge in [-0.2, -0.15) is 5.26 Å². The molecule has 0 radical (unpaired) electrons. The Bertz CT molecular complexity index is 506. The summed E-state index contributed by atoms with van der Waals surface area (Å²) >= 11 is 3.38. The van der Waals surface area contributed by atoms with E-state index in [0.717, 1.165) is 16.5 Å². The highest BCUT2D eigenvalue weighted by molar-refractivity contribution is 9.10. The minimum absolute atomic E-state index is 0.0617. The fourth-order valence-electron chi connectivity index (χ4n) is 1.68. The lowest BCUT2D eigenvalue weighted by Gasteiger charge is -2.11. The maximum absolute atomic E-state index is 11.5. The molecule has 0 bridgehead atoms. The Kier molecular flexibility index (Phi) is 6.96. The summed E-state index contributed by atoms with van der Waals surface area (Å²) in [5.74, 6) is -1.50. The highest BCUT2D eigenvalue weighted by Gasteiger charge is 2.17. The van der Waals surface area contributed by atoms with Crippen molar-refractivity contribution in [1.29, 1.82) is 5.26 Å². The van der Waals surface area contributed by atoms with E-state index in [9.17, 15) is 4.79 Å². The van der Waals surface area contributed by atoms with Gasteiger partial charge in [0.2, 0.25) is 0 Å². The van der Waals surface area contributed by atoms with E-state index < -0.39 is 11.9 Å². The molecule has 2 atom stereocenters. The SMILES string of the molecule is CCOC(=O)C(C#N)C=N[C@@H](CC)c1ccc(Br)cc1. The van der Waals surface area contributed by atoms with Crippen molar-refractivity contribution in [3.63, 3.8) is 0 Å². The van der Waals surface area contributed by atoms with Crippen molar-refractivity contribution in [2.75, 3.05) is 6.61 Å². The molecule has 0 aliphatic heterocycles. The summed E-state index contributed by atoms with van der Waals surface area (Å²) in [4.78, 5) is 15.9. The van der Waals surface area contributed by atoms with E-state index in [1.165, 1.54) is 6.21 Å². The van der Waals surface area contributed by atoms with Crippen LogP contribution in [-0.4, -0.2) is 18.8 Å². The standard InChI is InChI=1S/C15H17BrN2O2/c1-3-14(11-5-7-13(16)8-6-11)18-10-12(9-17)15(19)20-4-2/h5-8,10,12,14H,3-4H2,1-2H3/t12?,14-/m0/s1. The van der Waals surface area contributed by atoms with E-state index in [1.807, 2.05) is 37.3 Å². The van der Waals surface area contributed by atoms with Crippen LogP contribution in [-0.2, 0) is 9.53 Å². The molecule has 0 amide bonds. The molecule has 0 aliphatic carbocycles. The van der Waals surface area contributed by atoms with Crippen molar-refractivity contribution in [3.05, 3.63) is 34.3 Å². The normalized spacial score (nSPS) is 13.7. The van der Waals surface area contributed by atoms with Crippen LogP contribution in [0, 0.1) is 17.2 Å². The maximum atomic E-state index is 11.5. The molecular weight excluding hydrogens is 320 g/mol. The van der Waals surface area contributed by atoms with Gasteiger partial charge in [0, 0.05) is 10.7 Å². The number of halogens is 1. The summed E-state index contributed by atoms with van der Waals surface area (Å²) in [6.07, 6.45) is 2.17. The van der Waals surface area contributed by atoms with Gasteiger partial charge in [-0.1, -0.05) is 35.0 Å². The molecule has 0 spiro atoms. The van der Waals surface area contributed by atoms with Crippen LogP contribution in [0.25, 0.3) is 0 Å². The average Bonchev–Trinajstić information content (AvgIpc) is 2.45. The summed E-state index contributed by atoms with van der Waals surface area (Å²) in [5, 5.41) is 8.97. The Hall–Kier alpha value is -1.67. The van der Waals surface area contributed by atoms with Crippen LogP contribution in [0.15, 0.2) is 33.7 Å².